The van der Waals surface area contributed by atoms with Gasteiger partial charge < -0.3 is 101 Å². The van der Waals surface area contributed by atoms with Crippen LogP contribution in [0.2, 0.25) is 0 Å². The summed E-state index contributed by atoms with van der Waals surface area (Å²) in [4.78, 5) is 211. The van der Waals surface area contributed by atoms with Gasteiger partial charge in [0.15, 0.2) is 0 Å². The van der Waals surface area contributed by atoms with Gasteiger partial charge in [0.25, 0.3) is 0 Å². The number of aliphatic hydroxyl groups is 1. The maximum atomic E-state index is 14.8. The van der Waals surface area contributed by atoms with E-state index in [1.807, 2.05) is 0 Å². The molecule has 0 unspecified atom stereocenters. The molecule has 39 heteroatoms. The Kier molecular flexibility index (Phi) is 31.0. The van der Waals surface area contributed by atoms with Gasteiger partial charge in [-0.15, -0.1) is 0 Å². The average molecular weight is 1420 g/mol. The smallest absolute Gasteiger partial charge is 0.303 e. The van der Waals surface area contributed by atoms with Gasteiger partial charge in [-0.05, 0) is 57.6 Å². The first-order valence-corrected chi connectivity index (χ1v) is 35.6. The second-order valence-electron chi connectivity index (χ2n) is 22.5. The number of imidazole rings is 2. The van der Waals surface area contributed by atoms with Crippen LogP contribution in [0.3, 0.4) is 0 Å². The number of aromatic amines is 2. The molecular weight excluding hydrogens is 1340 g/mol. The Labute approximate surface area is 566 Å². The van der Waals surface area contributed by atoms with Crippen molar-refractivity contribution in [3.05, 3.63) is 72.3 Å². The van der Waals surface area contributed by atoms with E-state index in [1.54, 1.807) is 30.3 Å². The zero-order valence-electron chi connectivity index (χ0n) is 52.2. The SMILES string of the molecule is C[C@@H]1NC(=O)[C@@H]2CCCN2C(=O)[C@H](Cc2cnc[nH]2)NC(=O)[C@@H]2CSSC[C@@H](C(N)=O)NC(=O)[C@H](CO)NC(=O)[C@H](Cc3ccccc3)NC(=O)[C@H](Cc3cnc[nH]3)NC(=O)[C@H](CCCCN)NC(=O)CNC(=O)[C@H](CSSC[C@H](NC(=O)[C@@H](N)CCC(=O)O)C(=O)N2)NC1=O. The monoisotopic (exact) mass is 1420 g/mol. The highest BCUT2D eigenvalue weighted by Gasteiger charge is 2.41. The molecule has 35 nitrogen and oxygen atoms in total. The zero-order chi connectivity index (χ0) is 69.8. The summed E-state index contributed by atoms with van der Waals surface area (Å²) >= 11 is 0. The Morgan fingerprint density at radius 1 is 0.646 bits per heavy atom. The fraction of sp³-hybridized carbons (Fsp3) is 0.544. The predicted octanol–water partition coefficient (Wildman–Crippen LogP) is -6.28. The Bertz CT molecular complexity index is 3200. The lowest BCUT2D eigenvalue weighted by atomic mass is 10.0. The van der Waals surface area contributed by atoms with Crippen LogP contribution in [0.1, 0.15) is 68.8 Å². The lowest BCUT2D eigenvalue weighted by molar-refractivity contribution is -0.142. The number of fused-ring (bicyclic) bond motifs is 9. The van der Waals surface area contributed by atoms with E-state index in [9.17, 15) is 77.3 Å². The number of unbranched alkanes of at least 4 members (excludes halogenated alkanes) is 1. The predicted molar refractivity (Wildman–Crippen MR) is 351 cm³/mol. The average Bonchev–Trinajstić information content (AvgIpc) is 1.60. The van der Waals surface area contributed by atoms with Crippen LogP contribution in [0.15, 0.2) is 55.4 Å². The molecular formula is C57H81N19O16S4. The first kappa shape index (κ1) is 76.5. The number of carboxylic acid groups (broad SMARTS) is 1. The van der Waals surface area contributed by atoms with Gasteiger partial charge in [-0.25, -0.2) is 9.97 Å². The summed E-state index contributed by atoms with van der Waals surface area (Å²) in [5.41, 5.74) is 18.9. The Balaban J connectivity index is 1.42. The molecule has 1 aromatic carbocycles. The number of nitrogens with zero attached hydrogens (tertiary/aromatic N) is 3. The fourth-order valence-electron chi connectivity index (χ4n) is 9.90. The van der Waals surface area contributed by atoms with Crippen LogP contribution < -0.4 is 75.7 Å². The largest absolute Gasteiger partial charge is 0.481 e. The standard InChI is InChI=1S/C57H81N19O16S4/c1-29-47(82)73-40-24-94-96-25-41(74-48(83)33(59)12-13-45(79)80)55(90)75-42(54(89)70-37(18-32-20-62-28-65-32)57(92)76-15-7-11-43(76)56(91)66-29)26-95-93-23-39(46(60)81)72-53(88)38(22-77)71-51(86)35(16-30-8-3-2-4-9-30)68-52(87)36(17-31-19-61-27-64-31)69-50(85)34(10-5-6-14-58)67-44(78)21-63-49(40)84/h2-4,8-9,19-20,27-29,33-43,77H,5-7,10-18,21-26,58-59H2,1H3,(H2,60,81)(H,61,64)(H,62,65)(H,63,84)(H,66,91)(H,67,78)(H,68,87)(H,69,85)(H,70,89)(H,71,86)(H,72,88)(H,73,82)(H,74,83)(H,75,90)(H,79,80)/t29-,33-,34-,35-,36-,37-,38-,39-,40-,41-,42-,43-/m0/s1. The normalized spacial score (nSPS) is 26.1. The molecule has 2 aromatic heterocycles. The van der Waals surface area contributed by atoms with Crippen LogP contribution >= 0.6 is 43.2 Å². The molecule has 3 aliphatic heterocycles. The molecule has 0 radical (unpaired) electrons. The van der Waals surface area contributed by atoms with Crippen molar-refractivity contribution in [2.75, 3.05) is 49.3 Å². The quantitative estimate of drug-likeness (QED) is 0.0442. The van der Waals surface area contributed by atoms with E-state index in [0.717, 1.165) is 43.2 Å². The molecule has 96 heavy (non-hydrogen) atoms. The molecule has 0 aliphatic carbocycles. The number of carbonyl (C=O) groups is 14. The summed E-state index contributed by atoms with van der Waals surface area (Å²) in [5.74, 6) is -15.1. The fourth-order valence-corrected chi connectivity index (χ4v) is 14.6. The maximum absolute atomic E-state index is 14.8. The van der Waals surface area contributed by atoms with Gasteiger partial charge in [0, 0.05) is 79.0 Å². The van der Waals surface area contributed by atoms with Gasteiger partial charge >= 0.3 is 5.97 Å². The molecule has 3 saturated heterocycles. The zero-order valence-corrected chi connectivity index (χ0v) is 55.4. The van der Waals surface area contributed by atoms with Crippen molar-refractivity contribution in [2.45, 2.75) is 144 Å². The van der Waals surface area contributed by atoms with Gasteiger partial charge in [0.1, 0.15) is 66.5 Å². The number of H-pyrrole nitrogens is 2. The van der Waals surface area contributed by atoms with Crippen LogP contribution in [0.5, 0.6) is 0 Å². The summed E-state index contributed by atoms with van der Waals surface area (Å²) in [6, 6.07) is -9.69. The molecule has 3 fully saturated rings. The summed E-state index contributed by atoms with van der Waals surface area (Å²) in [7, 11) is 3.48. The Hall–Kier alpha value is -8.50. The van der Waals surface area contributed by atoms with E-state index >= 15 is 0 Å². The summed E-state index contributed by atoms with van der Waals surface area (Å²) in [6.07, 6.45) is 4.85. The molecule has 2 bridgehead atoms. The van der Waals surface area contributed by atoms with Crippen molar-refractivity contribution >= 4 is 126 Å². The number of hydrogen-bond acceptors (Lipinski definition) is 23. The number of benzene rings is 1. The number of rotatable bonds is 17. The van der Waals surface area contributed by atoms with Crippen molar-refractivity contribution in [2.24, 2.45) is 17.2 Å². The number of carbonyl (C=O) groups excluding carboxylic acids is 13. The topological polar surface area (TPSA) is 550 Å². The number of carboxylic acids is 1. The Morgan fingerprint density at radius 2 is 1.22 bits per heavy atom. The number of aliphatic hydroxyl groups excluding tert-OH is 1. The molecule has 6 rings (SSSR count). The third-order valence-electron chi connectivity index (χ3n) is 15.2. The first-order valence-electron chi connectivity index (χ1n) is 30.6. The first-order chi connectivity index (χ1) is 45.9. The van der Waals surface area contributed by atoms with Crippen molar-refractivity contribution in [1.82, 2.24) is 83.3 Å². The number of primary amides is 1. The Morgan fingerprint density at radius 3 is 1.83 bits per heavy atom. The van der Waals surface area contributed by atoms with E-state index in [0.29, 0.717) is 29.8 Å². The van der Waals surface area contributed by atoms with Crippen LogP contribution in [-0.4, -0.2) is 240 Å². The molecule has 0 saturated carbocycles. The second kappa shape index (κ2) is 38.9. The van der Waals surface area contributed by atoms with Gasteiger partial charge in [0.2, 0.25) is 76.8 Å². The molecule has 13 amide bonds. The summed E-state index contributed by atoms with van der Waals surface area (Å²) in [6.45, 7) is -0.331. The highest BCUT2D eigenvalue weighted by Crippen LogP contribution is 2.26. The van der Waals surface area contributed by atoms with Gasteiger partial charge in [-0.3, -0.25) is 67.1 Å². The van der Waals surface area contributed by atoms with E-state index in [-0.39, 0.29) is 81.0 Å². The van der Waals surface area contributed by atoms with Crippen LogP contribution in [-0.2, 0) is 86.4 Å². The van der Waals surface area contributed by atoms with Gasteiger partial charge in [-0.2, -0.15) is 0 Å². The van der Waals surface area contributed by atoms with Gasteiger partial charge in [0.05, 0.1) is 31.8 Å². The summed E-state index contributed by atoms with van der Waals surface area (Å²) in [5, 5.41) is 48.0. The van der Waals surface area contributed by atoms with Crippen molar-refractivity contribution in [1.29, 1.82) is 0 Å². The lowest BCUT2D eigenvalue weighted by Gasteiger charge is -2.30. The highest BCUT2D eigenvalue weighted by atomic mass is 33.1. The molecule has 524 valence electrons. The minimum Gasteiger partial charge on any atom is -0.481 e. The van der Waals surface area contributed by atoms with Crippen LogP contribution in [0, 0.1) is 0 Å². The number of hydrogen-bond donors (Lipinski definition) is 18. The molecule has 21 N–H and O–H groups in total. The van der Waals surface area contributed by atoms with E-state index in [1.165, 1.54) is 36.9 Å². The van der Waals surface area contributed by atoms with Crippen LogP contribution in [0.4, 0.5) is 0 Å². The van der Waals surface area contributed by atoms with E-state index in [4.69, 9.17) is 17.2 Å². The van der Waals surface area contributed by atoms with E-state index in [2.05, 4.69) is 78.4 Å². The molecule has 0 spiro atoms. The van der Waals surface area contributed by atoms with Crippen molar-refractivity contribution < 1.29 is 77.3 Å². The highest BCUT2D eigenvalue weighted by molar-refractivity contribution is 8.77. The number of aliphatic carboxylic acids is 1. The van der Waals surface area contributed by atoms with E-state index < -0.39 is 175 Å². The molecule has 3 aliphatic rings. The third kappa shape index (κ3) is 24.3. The van der Waals surface area contributed by atoms with Crippen LogP contribution in [0.25, 0.3) is 0 Å². The summed E-state index contributed by atoms with van der Waals surface area (Å²) < 4.78 is 0. The lowest BCUT2D eigenvalue weighted by Crippen LogP contribution is -2.61. The molecule has 12 atom stereocenters. The minimum absolute atomic E-state index is 0.0144. The number of amides is 13. The number of nitrogens with one attached hydrogen (secondary N) is 13. The third-order valence-corrected chi connectivity index (χ3v) is 20.1. The van der Waals surface area contributed by atoms with Crippen molar-refractivity contribution in [3.8, 4) is 0 Å². The maximum Gasteiger partial charge on any atom is 0.303 e. The molecule has 3 aromatic rings. The molecule has 5 heterocycles. The van der Waals surface area contributed by atoms with Gasteiger partial charge in [-0.1, -0.05) is 73.5 Å². The minimum atomic E-state index is -1.79. The number of aromatic nitrogens is 4. The second-order valence-corrected chi connectivity index (χ2v) is 27.6. The number of nitrogens with two attached hydrogens (primary N) is 3. The van der Waals surface area contributed by atoms with Crippen molar-refractivity contribution in [3.63, 3.8) is 0 Å².